The molecule has 1 fully saturated rings. The van der Waals surface area contributed by atoms with Crippen molar-refractivity contribution >= 4 is 11.9 Å². The molecule has 0 bridgehead atoms. The van der Waals surface area contributed by atoms with Gasteiger partial charge in [0.15, 0.2) is 0 Å². The van der Waals surface area contributed by atoms with Crippen molar-refractivity contribution < 1.29 is 13.9 Å². The predicted molar refractivity (Wildman–Crippen MR) is 127 cm³/mol. The van der Waals surface area contributed by atoms with Gasteiger partial charge in [-0.3, -0.25) is 9.36 Å². The van der Waals surface area contributed by atoms with Crippen molar-refractivity contribution in [2.24, 2.45) is 5.92 Å². The van der Waals surface area contributed by atoms with E-state index < -0.39 is 0 Å². The number of likely N-dealkylation sites (tertiary alicyclic amines) is 1. The number of fused-ring (bicyclic) bond motifs is 1. The minimum Gasteiger partial charge on any atom is -0.463 e. The standard InChI is InChI=1S/C25H29FN6O2/c1-16(2)14-21(33)31-11-3-4-19(15-31)28-24-27-10-9-20(29-24)23-22(17-5-7-18(26)8-6-17)30-25-32(23)12-13-34-25/h5-10,16,19H,3-4,11-15H2,1-2H3,(H,27,28,29)/t19-/m1/s1. The van der Waals surface area contributed by atoms with Crippen LogP contribution in [-0.2, 0) is 11.3 Å². The van der Waals surface area contributed by atoms with E-state index in [4.69, 9.17) is 9.72 Å². The summed E-state index contributed by atoms with van der Waals surface area (Å²) in [6.45, 7) is 6.80. The second kappa shape index (κ2) is 9.40. The monoisotopic (exact) mass is 464 g/mol. The molecule has 3 aromatic rings. The van der Waals surface area contributed by atoms with Gasteiger partial charge < -0.3 is 15.0 Å². The van der Waals surface area contributed by atoms with Gasteiger partial charge in [0.25, 0.3) is 6.01 Å². The predicted octanol–water partition coefficient (Wildman–Crippen LogP) is 3.99. The minimum absolute atomic E-state index is 0.0937. The van der Waals surface area contributed by atoms with Gasteiger partial charge in [0.1, 0.15) is 18.1 Å². The highest BCUT2D eigenvalue weighted by Crippen LogP contribution is 2.36. The molecule has 1 amide bonds. The number of benzene rings is 1. The number of carbonyl (C=O) groups is 1. The first-order valence-electron chi connectivity index (χ1n) is 11.8. The lowest BCUT2D eigenvalue weighted by molar-refractivity contribution is -0.133. The van der Waals surface area contributed by atoms with E-state index in [1.54, 1.807) is 18.3 Å². The Morgan fingerprint density at radius 2 is 2.03 bits per heavy atom. The number of halogens is 1. The molecule has 2 aromatic heterocycles. The van der Waals surface area contributed by atoms with Crippen molar-refractivity contribution in [2.75, 3.05) is 25.0 Å². The Kier molecular flexibility index (Phi) is 6.17. The third-order valence-corrected chi connectivity index (χ3v) is 6.18. The van der Waals surface area contributed by atoms with Crippen molar-refractivity contribution in [3.05, 3.63) is 42.3 Å². The Hall–Kier alpha value is -3.49. The third-order valence-electron chi connectivity index (χ3n) is 6.18. The largest absolute Gasteiger partial charge is 0.463 e. The number of hydrogen-bond acceptors (Lipinski definition) is 6. The number of anilines is 1. The summed E-state index contributed by atoms with van der Waals surface area (Å²) in [6.07, 6.45) is 4.19. The number of piperidine rings is 1. The van der Waals surface area contributed by atoms with Crippen molar-refractivity contribution in [3.8, 4) is 28.7 Å². The molecule has 9 heteroatoms. The summed E-state index contributed by atoms with van der Waals surface area (Å²) in [5.41, 5.74) is 3.02. The van der Waals surface area contributed by atoms with Crippen molar-refractivity contribution in [3.63, 3.8) is 0 Å². The number of imidazole rings is 1. The molecule has 0 unspecified atom stereocenters. The fraction of sp³-hybridized carbons (Fsp3) is 0.440. The first-order chi connectivity index (χ1) is 16.5. The zero-order valence-corrected chi connectivity index (χ0v) is 19.5. The summed E-state index contributed by atoms with van der Waals surface area (Å²) < 4.78 is 21.2. The molecule has 1 saturated heterocycles. The maximum absolute atomic E-state index is 13.5. The Morgan fingerprint density at radius 1 is 1.21 bits per heavy atom. The van der Waals surface area contributed by atoms with Gasteiger partial charge in [0.2, 0.25) is 11.9 Å². The first-order valence-corrected chi connectivity index (χ1v) is 11.8. The van der Waals surface area contributed by atoms with Crippen LogP contribution in [0.5, 0.6) is 6.01 Å². The summed E-state index contributed by atoms with van der Waals surface area (Å²) in [5.74, 6) is 0.767. The van der Waals surface area contributed by atoms with Crippen molar-refractivity contribution in [1.82, 2.24) is 24.4 Å². The van der Waals surface area contributed by atoms with Gasteiger partial charge >= 0.3 is 0 Å². The number of nitrogens with one attached hydrogen (secondary N) is 1. The number of hydrogen-bond donors (Lipinski definition) is 1. The minimum atomic E-state index is -0.296. The van der Waals surface area contributed by atoms with E-state index in [0.29, 0.717) is 55.4 Å². The molecule has 178 valence electrons. The lowest BCUT2D eigenvalue weighted by atomic mass is 10.0. The van der Waals surface area contributed by atoms with E-state index in [1.807, 2.05) is 15.5 Å². The first kappa shape index (κ1) is 22.3. The van der Waals surface area contributed by atoms with E-state index >= 15 is 0 Å². The number of aromatic nitrogens is 4. The summed E-state index contributed by atoms with van der Waals surface area (Å²) in [7, 11) is 0. The number of ether oxygens (including phenoxy) is 1. The van der Waals surface area contributed by atoms with Crippen LogP contribution in [0.2, 0.25) is 0 Å². The molecule has 4 heterocycles. The van der Waals surface area contributed by atoms with Crippen LogP contribution in [-0.4, -0.2) is 56.1 Å². The summed E-state index contributed by atoms with van der Waals surface area (Å²) in [5, 5.41) is 3.43. The third kappa shape index (κ3) is 4.60. The van der Waals surface area contributed by atoms with Crippen LogP contribution in [0, 0.1) is 11.7 Å². The average Bonchev–Trinajstić information content (AvgIpc) is 3.41. The van der Waals surface area contributed by atoms with Crippen molar-refractivity contribution in [2.45, 2.75) is 45.7 Å². The van der Waals surface area contributed by atoms with Crippen LogP contribution in [0.3, 0.4) is 0 Å². The highest BCUT2D eigenvalue weighted by molar-refractivity contribution is 5.78. The zero-order chi connectivity index (χ0) is 23.7. The maximum Gasteiger partial charge on any atom is 0.297 e. The maximum atomic E-state index is 13.5. The molecular weight excluding hydrogens is 435 g/mol. The molecule has 0 aliphatic carbocycles. The highest BCUT2D eigenvalue weighted by atomic mass is 19.1. The Labute approximate surface area is 198 Å². The zero-order valence-electron chi connectivity index (χ0n) is 19.5. The topological polar surface area (TPSA) is 85.2 Å². The molecule has 1 aromatic carbocycles. The second-order valence-corrected chi connectivity index (χ2v) is 9.29. The van der Waals surface area contributed by atoms with E-state index in [2.05, 4.69) is 29.1 Å². The van der Waals surface area contributed by atoms with Gasteiger partial charge in [-0.2, -0.15) is 4.98 Å². The fourth-order valence-corrected chi connectivity index (χ4v) is 4.59. The smallest absolute Gasteiger partial charge is 0.297 e. The molecular formula is C25H29FN6O2. The van der Waals surface area contributed by atoms with Crippen LogP contribution in [0.4, 0.5) is 10.3 Å². The van der Waals surface area contributed by atoms with Gasteiger partial charge in [-0.25, -0.2) is 14.4 Å². The number of amides is 1. The molecule has 0 radical (unpaired) electrons. The normalized spacial score (nSPS) is 17.5. The molecule has 8 nitrogen and oxygen atoms in total. The molecule has 34 heavy (non-hydrogen) atoms. The lowest BCUT2D eigenvalue weighted by Crippen LogP contribution is -2.45. The molecule has 2 aliphatic rings. The van der Waals surface area contributed by atoms with Crippen LogP contribution in [0.25, 0.3) is 22.6 Å². The highest BCUT2D eigenvalue weighted by Gasteiger charge is 2.27. The van der Waals surface area contributed by atoms with Gasteiger partial charge in [0.05, 0.1) is 17.9 Å². The van der Waals surface area contributed by atoms with Gasteiger partial charge in [-0.05, 0) is 49.1 Å². The Morgan fingerprint density at radius 3 is 2.82 bits per heavy atom. The van der Waals surface area contributed by atoms with E-state index in [0.717, 1.165) is 30.6 Å². The van der Waals surface area contributed by atoms with Crippen LogP contribution in [0.1, 0.15) is 33.1 Å². The summed E-state index contributed by atoms with van der Waals surface area (Å²) in [4.78, 5) is 28.4. The Bertz CT molecular complexity index is 1180. The second-order valence-electron chi connectivity index (χ2n) is 9.29. The quantitative estimate of drug-likeness (QED) is 0.594. The molecule has 0 saturated carbocycles. The van der Waals surface area contributed by atoms with Crippen LogP contribution in [0.15, 0.2) is 36.5 Å². The fourth-order valence-electron chi connectivity index (χ4n) is 4.59. The molecule has 2 aliphatic heterocycles. The molecule has 1 atom stereocenters. The molecule has 0 spiro atoms. The van der Waals surface area contributed by atoms with Crippen LogP contribution < -0.4 is 10.1 Å². The van der Waals surface area contributed by atoms with Gasteiger partial charge in [0, 0.05) is 37.3 Å². The Balaban J connectivity index is 1.40. The summed E-state index contributed by atoms with van der Waals surface area (Å²) in [6, 6.07) is 8.74. The number of carbonyl (C=O) groups excluding carboxylic acids is 1. The van der Waals surface area contributed by atoms with E-state index in [-0.39, 0.29) is 17.8 Å². The van der Waals surface area contributed by atoms with Gasteiger partial charge in [-0.1, -0.05) is 13.8 Å². The van der Waals surface area contributed by atoms with E-state index in [1.165, 1.54) is 12.1 Å². The van der Waals surface area contributed by atoms with Crippen LogP contribution >= 0.6 is 0 Å². The number of rotatable bonds is 6. The molecule has 5 rings (SSSR count). The summed E-state index contributed by atoms with van der Waals surface area (Å²) >= 11 is 0. The molecule has 1 N–H and O–H groups in total. The van der Waals surface area contributed by atoms with Crippen molar-refractivity contribution in [1.29, 1.82) is 0 Å². The average molecular weight is 465 g/mol. The van der Waals surface area contributed by atoms with Gasteiger partial charge in [-0.15, -0.1) is 0 Å². The lowest BCUT2D eigenvalue weighted by Gasteiger charge is -2.33. The SMILES string of the molecule is CC(C)CC(=O)N1CCC[C@@H](Nc2nccc(-c3c(-c4ccc(F)cc4)nc4n3CCO4)n2)C1. The number of nitrogens with zero attached hydrogens (tertiary/aromatic N) is 5. The van der Waals surface area contributed by atoms with E-state index in [9.17, 15) is 9.18 Å².